The van der Waals surface area contributed by atoms with Crippen molar-refractivity contribution in [2.45, 2.75) is 32.2 Å². The fraction of sp³-hybridized carbons (Fsp3) is 0.500. The van der Waals surface area contributed by atoms with E-state index in [0.29, 0.717) is 12.3 Å². The van der Waals surface area contributed by atoms with E-state index < -0.39 is 0 Å². The summed E-state index contributed by atoms with van der Waals surface area (Å²) in [5.41, 5.74) is 5.77. The lowest BCUT2D eigenvalue weighted by Gasteiger charge is -2.26. The standard InChI is InChI=1S/C14H21N2O2/c1-3-14(15,4-2)11-16-13(17)10-18-12-8-6-5-7-9-12/h5-6,8-9H,3-4,10-11,15H2,1-2H3,(H,16,17). The molecule has 0 aromatic heterocycles. The van der Waals surface area contributed by atoms with Gasteiger partial charge in [0.15, 0.2) is 6.61 Å². The second-order valence-corrected chi connectivity index (χ2v) is 4.37. The number of carbonyl (C=O) groups excluding carboxylic acids is 1. The number of nitrogens with one attached hydrogen (secondary N) is 1. The monoisotopic (exact) mass is 249 g/mol. The maximum absolute atomic E-state index is 11.6. The SMILES string of the molecule is CCC(N)(CC)CNC(=O)COc1c[c]ccc1. The lowest BCUT2D eigenvalue weighted by atomic mass is 9.94. The summed E-state index contributed by atoms with van der Waals surface area (Å²) in [5, 5.41) is 2.80. The van der Waals surface area contributed by atoms with E-state index in [1.54, 1.807) is 18.2 Å². The minimum Gasteiger partial charge on any atom is -0.484 e. The molecule has 1 rings (SSSR count). The third kappa shape index (κ3) is 4.75. The van der Waals surface area contributed by atoms with E-state index >= 15 is 0 Å². The first-order valence-corrected chi connectivity index (χ1v) is 6.24. The quantitative estimate of drug-likeness (QED) is 0.769. The van der Waals surface area contributed by atoms with Gasteiger partial charge in [-0.15, -0.1) is 0 Å². The summed E-state index contributed by atoms with van der Waals surface area (Å²) in [4.78, 5) is 11.6. The summed E-state index contributed by atoms with van der Waals surface area (Å²) in [6.45, 7) is 4.52. The van der Waals surface area contributed by atoms with Gasteiger partial charge in [0.1, 0.15) is 5.75 Å². The maximum atomic E-state index is 11.6. The van der Waals surface area contributed by atoms with Crippen molar-refractivity contribution in [1.29, 1.82) is 0 Å². The van der Waals surface area contributed by atoms with Crippen molar-refractivity contribution in [3.63, 3.8) is 0 Å². The molecule has 0 aliphatic heterocycles. The second kappa shape index (κ2) is 7.01. The summed E-state index contributed by atoms with van der Waals surface area (Å²) < 4.78 is 5.32. The molecule has 1 amide bonds. The lowest BCUT2D eigenvalue weighted by molar-refractivity contribution is -0.123. The molecule has 0 unspecified atom stereocenters. The van der Waals surface area contributed by atoms with Crippen LogP contribution in [-0.4, -0.2) is 24.6 Å². The molecule has 99 valence electrons. The van der Waals surface area contributed by atoms with E-state index in [4.69, 9.17) is 10.5 Å². The Balaban J connectivity index is 2.30. The number of amides is 1. The highest BCUT2D eigenvalue weighted by molar-refractivity contribution is 5.77. The largest absolute Gasteiger partial charge is 0.484 e. The second-order valence-electron chi connectivity index (χ2n) is 4.37. The normalized spacial score (nSPS) is 11.1. The molecule has 0 heterocycles. The first-order valence-electron chi connectivity index (χ1n) is 6.24. The minimum atomic E-state index is -0.323. The summed E-state index contributed by atoms with van der Waals surface area (Å²) in [6, 6.07) is 9.95. The molecule has 3 N–H and O–H groups in total. The fourth-order valence-corrected chi connectivity index (χ4v) is 1.44. The summed E-state index contributed by atoms with van der Waals surface area (Å²) in [5.74, 6) is 0.480. The van der Waals surface area contributed by atoms with E-state index in [2.05, 4.69) is 11.4 Å². The summed E-state index contributed by atoms with van der Waals surface area (Å²) in [6.07, 6.45) is 1.66. The first-order chi connectivity index (χ1) is 8.59. The Hall–Kier alpha value is -1.55. The van der Waals surface area contributed by atoms with Gasteiger partial charge in [-0.1, -0.05) is 26.0 Å². The average Bonchev–Trinajstić information content (AvgIpc) is 2.43. The van der Waals surface area contributed by atoms with Gasteiger partial charge >= 0.3 is 0 Å². The predicted molar refractivity (Wildman–Crippen MR) is 71.3 cm³/mol. The van der Waals surface area contributed by atoms with Crippen LogP contribution in [-0.2, 0) is 4.79 Å². The molecule has 1 radical (unpaired) electrons. The van der Waals surface area contributed by atoms with Crippen molar-refractivity contribution in [3.05, 3.63) is 30.3 Å². The van der Waals surface area contributed by atoms with Gasteiger partial charge in [0, 0.05) is 12.1 Å². The van der Waals surface area contributed by atoms with Crippen LogP contribution in [0.1, 0.15) is 26.7 Å². The number of nitrogens with two attached hydrogens (primary N) is 1. The molecule has 4 heteroatoms. The zero-order valence-corrected chi connectivity index (χ0v) is 11.0. The molecule has 0 saturated heterocycles. The molecule has 4 nitrogen and oxygen atoms in total. The van der Waals surface area contributed by atoms with E-state index in [1.165, 1.54) is 0 Å². The summed E-state index contributed by atoms with van der Waals surface area (Å²) in [7, 11) is 0. The number of hydrogen-bond donors (Lipinski definition) is 2. The van der Waals surface area contributed by atoms with Crippen molar-refractivity contribution >= 4 is 5.91 Å². The van der Waals surface area contributed by atoms with Gasteiger partial charge in [0.25, 0.3) is 5.91 Å². The van der Waals surface area contributed by atoms with Gasteiger partial charge in [0.05, 0.1) is 0 Å². The molecular weight excluding hydrogens is 228 g/mol. The number of hydrogen-bond acceptors (Lipinski definition) is 3. The van der Waals surface area contributed by atoms with Crippen LogP contribution in [0.2, 0.25) is 0 Å². The third-order valence-corrected chi connectivity index (χ3v) is 3.09. The topological polar surface area (TPSA) is 64.3 Å². The number of carbonyl (C=O) groups is 1. The molecule has 0 aliphatic carbocycles. The van der Waals surface area contributed by atoms with Crippen LogP contribution in [0.3, 0.4) is 0 Å². The molecule has 18 heavy (non-hydrogen) atoms. The van der Waals surface area contributed by atoms with E-state index in [1.807, 2.05) is 19.9 Å². The van der Waals surface area contributed by atoms with Crippen LogP contribution in [0.25, 0.3) is 0 Å². The van der Waals surface area contributed by atoms with Gasteiger partial charge in [-0.25, -0.2) is 0 Å². The fourth-order valence-electron chi connectivity index (χ4n) is 1.44. The third-order valence-electron chi connectivity index (χ3n) is 3.09. The Morgan fingerprint density at radius 3 is 2.78 bits per heavy atom. The van der Waals surface area contributed by atoms with Gasteiger partial charge < -0.3 is 15.8 Å². The first kappa shape index (κ1) is 14.5. The molecule has 0 aliphatic rings. The molecule has 0 atom stereocenters. The van der Waals surface area contributed by atoms with Crippen LogP contribution in [0, 0.1) is 6.07 Å². The van der Waals surface area contributed by atoms with Crippen molar-refractivity contribution in [2.24, 2.45) is 5.73 Å². The van der Waals surface area contributed by atoms with Crippen LogP contribution in [0.4, 0.5) is 0 Å². The predicted octanol–water partition coefficient (Wildman–Crippen LogP) is 1.50. The van der Waals surface area contributed by atoms with Crippen LogP contribution >= 0.6 is 0 Å². The Kier molecular flexibility index (Phi) is 5.65. The van der Waals surface area contributed by atoms with Crippen molar-refractivity contribution in [2.75, 3.05) is 13.2 Å². The molecular formula is C14H21N2O2. The molecule has 0 saturated carbocycles. The average molecular weight is 249 g/mol. The zero-order valence-electron chi connectivity index (χ0n) is 11.0. The van der Waals surface area contributed by atoms with E-state index in [-0.39, 0.29) is 18.1 Å². The van der Waals surface area contributed by atoms with Gasteiger partial charge in [0.2, 0.25) is 0 Å². The van der Waals surface area contributed by atoms with Crippen LogP contribution in [0.5, 0.6) is 5.75 Å². The van der Waals surface area contributed by atoms with E-state index in [9.17, 15) is 4.79 Å². The minimum absolute atomic E-state index is 0.00135. The van der Waals surface area contributed by atoms with E-state index in [0.717, 1.165) is 12.8 Å². The number of rotatable bonds is 7. The highest BCUT2D eigenvalue weighted by Gasteiger charge is 2.20. The Labute approximate surface area is 109 Å². The maximum Gasteiger partial charge on any atom is 0.258 e. The van der Waals surface area contributed by atoms with Crippen molar-refractivity contribution < 1.29 is 9.53 Å². The number of benzene rings is 1. The van der Waals surface area contributed by atoms with Gasteiger partial charge in [-0.05, 0) is 31.0 Å². The molecule has 1 aromatic carbocycles. The Morgan fingerprint density at radius 1 is 1.50 bits per heavy atom. The highest BCUT2D eigenvalue weighted by Crippen LogP contribution is 2.09. The molecule has 0 spiro atoms. The van der Waals surface area contributed by atoms with Crippen molar-refractivity contribution in [3.8, 4) is 5.75 Å². The Morgan fingerprint density at radius 2 is 2.22 bits per heavy atom. The molecule has 0 fully saturated rings. The van der Waals surface area contributed by atoms with Crippen molar-refractivity contribution in [1.82, 2.24) is 5.32 Å². The summed E-state index contributed by atoms with van der Waals surface area (Å²) >= 11 is 0. The number of ether oxygens (including phenoxy) is 1. The molecule has 1 aromatic rings. The van der Waals surface area contributed by atoms with Crippen LogP contribution in [0.15, 0.2) is 24.3 Å². The van der Waals surface area contributed by atoms with Crippen LogP contribution < -0.4 is 15.8 Å². The zero-order chi connectivity index (χ0) is 13.4. The van der Waals surface area contributed by atoms with Gasteiger partial charge in [-0.3, -0.25) is 4.79 Å². The Bertz CT molecular complexity index is 361. The lowest BCUT2D eigenvalue weighted by Crippen LogP contribution is -2.50. The smallest absolute Gasteiger partial charge is 0.258 e. The van der Waals surface area contributed by atoms with Gasteiger partial charge in [-0.2, -0.15) is 0 Å². The highest BCUT2D eigenvalue weighted by atomic mass is 16.5. The molecule has 0 bridgehead atoms.